The maximum atomic E-state index is 13.2. The zero-order valence-corrected chi connectivity index (χ0v) is 17.9. The molecule has 1 aromatic rings. The first-order valence-corrected chi connectivity index (χ1v) is 12.6. The van der Waals surface area contributed by atoms with Crippen LogP contribution in [0.2, 0.25) is 0 Å². The first-order valence-electron chi connectivity index (χ1n) is 11.2. The molecule has 1 aromatic heterocycles. The van der Waals surface area contributed by atoms with Gasteiger partial charge in [0.2, 0.25) is 0 Å². The highest BCUT2D eigenvalue weighted by Gasteiger charge is 2.41. The van der Waals surface area contributed by atoms with Crippen LogP contribution in [0.25, 0.3) is 0 Å². The van der Waals surface area contributed by atoms with E-state index in [0.717, 1.165) is 50.2 Å². The third-order valence-electron chi connectivity index (χ3n) is 7.21. The lowest BCUT2D eigenvalue weighted by atomic mass is 9.84. The third-order valence-corrected chi connectivity index (χ3v) is 9.18. The van der Waals surface area contributed by atoms with Gasteiger partial charge in [0.25, 0.3) is 15.8 Å². The molecular weight excluding hydrogens is 388 g/mol. The third kappa shape index (κ3) is 3.69. The summed E-state index contributed by atoms with van der Waals surface area (Å²) in [5.41, 5.74) is 2.05. The molecule has 2 bridgehead atoms. The fourth-order valence-corrected chi connectivity index (χ4v) is 7.51. The molecule has 3 fully saturated rings. The summed E-state index contributed by atoms with van der Waals surface area (Å²) in [6.45, 7) is 5.87. The second-order valence-electron chi connectivity index (χ2n) is 9.27. The second-order valence-corrected chi connectivity index (χ2v) is 11.2. The van der Waals surface area contributed by atoms with E-state index in [0.29, 0.717) is 32.7 Å². The molecule has 3 saturated heterocycles. The Hall–Kier alpha value is -1.22. The first-order chi connectivity index (χ1) is 14.0. The van der Waals surface area contributed by atoms with E-state index >= 15 is 0 Å². The number of rotatable bonds is 4. The first kappa shape index (κ1) is 19.7. The zero-order valence-electron chi connectivity index (χ0n) is 17.1. The summed E-state index contributed by atoms with van der Waals surface area (Å²) in [6.07, 6.45) is 6.63. The molecule has 0 unspecified atom stereocenters. The normalized spacial score (nSPS) is 29.1. The second kappa shape index (κ2) is 7.80. The standard InChI is InChI=1S/C21H32N4O3S/c26-21-18(15-22-8-2-1-3-9-22)6-7-20-19-12-17(14-25(20)21)13-24(16-19)29(27,28)23-10-4-5-11-23/h6-7,17,19H,1-5,8-16H2/t17-,19+/m0/s1. The Morgan fingerprint density at radius 3 is 2.34 bits per heavy atom. The quantitative estimate of drug-likeness (QED) is 0.742. The lowest BCUT2D eigenvalue weighted by molar-refractivity contribution is 0.177. The molecule has 0 aromatic carbocycles. The highest BCUT2D eigenvalue weighted by atomic mass is 32.2. The van der Waals surface area contributed by atoms with Crippen molar-refractivity contribution >= 4 is 10.2 Å². The minimum Gasteiger partial charge on any atom is -0.312 e. The van der Waals surface area contributed by atoms with Gasteiger partial charge in [0.05, 0.1) is 0 Å². The molecule has 8 heteroatoms. The van der Waals surface area contributed by atoms with E-state index in [9.17, 15) is 13.2 Å². The number of likely N-dealkylation sites (tertiary alicyclic amines) is 1. The summed E-state index contributed by atoms with van der Waals surface area (Å²) < 4.78 is 31.4. The lowest BCUT2D eigenvalue weighted by Gasteiger charge is -2.43. The zero-order chi connectivity index (χ0) is 20.0. The van der Waals surface area contributed by atoms with Crippen LogP contribution in [0.3, 0.4) is 0 Å². The van der Waals surface area contributed by atoms with Crippen molar-refractivity contribution < 1.29 is 8.42 Å². The maximum absolute atomic E-state index is 13.2. The van der Waals surface area contributed by atoms with Crippen LogP contribution in [0, 0.1) is 5.92 Å². The predicted octanol–water partition coefficient (Wildman–Crippen LogP) is 1.59. The molecule has 0 saturated carbocycles. The minimum atomic E-state index is -3.37. The number of nitrogens with zero attached hydrogens (tertiary/aromatic N) is 4. The summed E-state index contributed by atoms with van der Waals surface area (Å²) in [5.74, 6) is 0.346. The Kier molecular flexibility index (Phi) is 5.30. The molecule has 29 heavy (non-hydrogen) atoms. The molecule has 0 radical (unpaired) electrons. The van der Waals surface area contributed by atoms with Crippen molar-refractivity contribution in [2.24, 2.45) is 5.92 Å². The van der Waals surface area contributed by atoms with E-state index in [1.54, 1.807) is 8.61 Å². The minimum absolute atomic E-state index is 0.122. The summed E-state index contributed by atoms with van der Waals surface area (Å²) in [7, 11) is -3.37. The van der Waals surface area contributed by atoms with Crippen molar-refractivity contribution in [1.82, 2.24) is 18.1 Å². The van der Waals surface area contributed by atoms with Gasteiger partial charge in [0, 0.05) is 56.4 Å². The molecule has 160 valence electrons. The highest BCUT2D eigenvalue weighted by Crippen LogP contribution is 2.37. The van der Waals surface area contributed by atoms with Crippen LogP contribution in [0.15, 0.2) is 16.9 Å². The van der Waals surface area contributed by atoms with Gasteiger partial charge in [-0.25, -0.2) is 0 Å². The van der Waals surface area contributed by atoms with E-state index in [-0.39, 0.29) is 17.4 Å². The van der Waals surface area contributed by atoms with Gasteiger partial charge >= 0.3 is 0 Å². The van der Waals surface area contributed by atoms with Crippen LogP contribution in [0.4, 0.5) is 0 Å². The summed E-state index contributed by atoms with van der Waals surface area (Å²) >= 11 is 0. The van der Waals surface area contributed by atoms with E-state index in [1.807, 2.05) is 10.6 Å². The van der Waals surface area contributed by atoms with Gasteiger partial charge < -0.3 is 4.57 Å². The van der Waals surface area contributed by atoms with Gasteiger partial charge in [0.15, 0.2) is 0 Å². The number of hydrogen-bond donors (Lipinski definition) is 0. The molecule has 0 spiro atoms. The Morgan fingerprint density at radius 2 is 1.59 bits per heavy atom. The van der Waals surface area contributed by atoms with Crippen molar-refractivity contribution in [2.45, 2.75) is 57.5 Å². The average molecular weight is 421 g/mol. The molecule has 0 aliphatic carbocycles. The van der Waals surface area contributed by atoms with Gasteiger partial charge in [-0.2, -0.15) is 17.0 Å². The molecule has 4 aliphatic rings. The summed E-state index contributed by atoms with van der Waals surface area (Å²) in [5, 5.41) is 0. The van der Waals surface area contributed by atoms with Crippen molar-refractivity contribution in [1.29, 1.82) is 0 Å². The topological polar surface area (TPSA) is 65.9 Å². The fourth-order valence-electron chi connectivity index (χ4n) is 5.70. The smallest absolute Gasteiger partial charge is 0.282 e. The Labute approximate surface area is 173 Å². The van der Waals surface area contributed by atoms with Gasteiger partial charge in [-0.1, -0.05) is 12.5 Å². The van der Waals surface area contributed by atoms with Crippen LogP contribution < -0.4 is 5.56 Å². The summed E-state index contributed by atoms with van der Waals surface area (Å²) in [6, 6.07) is 4.09. The van der Waals surface area contributed by atoms with Crippen molar-refractivity contribution in [3.05, 3.63) is 33.7 Å². The van der Waals surface area contributed by atoms with E-state index in [4.69, 9.17) is 0 Å². The highest BCUT2D eigenvalue weighted by molar-refractivity contribution is 7.86. The van der Waals surface area contributed by atoms with Gasteiger partial charge in [0.1, 0.15) is 0 Å². The molecule has 2 atom stereocenters. The molecule has 7 nitrogen and oxygen atoms in total. The van der Waals surface area contributed by atoms with Gasteiger partial charge in [-0.3, -0.25) is 9.69 Å². The molecule has 4 aliphatic heterocycles. The van der Waals surface area contributed by atoms with Crippen molar-refractivity contribution in [3.63, 3.8) is 0 Å². The molecule has 5 rings (SSSR count). The molecule has 5 heterocycles. The number of fused-ring (bicyclic) bond motifs is 4. The van der Waals surface area contributed by atoms with Crippen LogP contribution in [-0.4, -0.2) is 65.8 Å². The van der Waals surface area contributed by atoms with Crippen LogP contribution in [0.1, 0.15) is 55.7 Å². The number of hydrogen-bond acceptors (Lipinski definition) is 4. The maximum Gasteiger partial charge on any atom is 0.282 e. The predicted molar refractivity (Wildman–Crippen MR) is 112 cm³/mol. The SMILES string of the molecule is O=c1c(CN2CCCCC2)ccc2n1C[C@H]1C[C@@H]2CN(S(=O)(=O)N2CCCC2)C1. The monoisotopic (exact) mass is 420 g/mol. The molecular formula is C21H32N4O3S. The molecule has 0 amide bonds. The Balaban J connectivity index is 1.38. The molecule has 0 N–H and O–H groups in total. The van der Waals surface area contributed by atoms with Crippen molar-refractivity contribution in [2.75, 3.05) is 39.3 Å². The van der Waals surface area contributed by atoms with Crippen LogP contribution in [-0.2, 0) is 23.3 Å². The van der Waals surface area contributed by atoms with E-state index < -0.39 is 10.2 Å². The van der Waals surface area contributed by atoms with Crippen LogP contribution >= 0.6 is 0 Å². The number of pyridine rings is 1. The number of piperidine rings is 2. The lowest BCUT2D eigenvalue weighted by Crippen LogP contribution is -2.52. The summed E-state index contributed by atoms with van der Waals surface area (Å²) in [4.78, 5) is 15.6. The average Bonchev–Trinajstić information content (AvgIpc) is 3.27. The van der Waals surface area contributed by atoms with E-state index in [2.05, 4.69) is 11.0 Å². The fraction of sp³-hybridized carbons (Fsp3) is 0.762. The Morgan fingerprint density at radius 1 is 0.862 bits per heavy atom. The largest absolute Gasteiger partial charge is 0.312 e. The van der Waals surface area contributed by atoms with Crippen LogP contribution in [0.5, 0.6) is 0 Å². The number of aromatic nitrogens is 1. The van der Waals surface area contributed by atoms with Gasteiger partial charge in [-0.05, 0) is 57.2 Å². The Bertz CT molecular complexity index is 916. The van der Waals surface area contributed by atoms with E-state index in [1.165, 1.54) is 19.3 Å². The van der Waals surface area contributed by atoms with Gasteiger partial charge in [-0.15, -0.1) is 0 Å². The van der Waals surface area contributed by atoms with Crippen molar-refractivity contribution in [3.8, 4) is 0 Å².